The molecule has 4 rings (SSSR count). The van der Waals surface area contributed by atoms with Crippen molar-refractivity contribution in [3.8, 4) is 11.3 Å². The van der Waals surface area contributed by atoms with Gasteiger partial charge in [0.1, 0.15) is 10.6 Å². The van der Waals surface area contributed by atoms with Crippen molar-refractivity contribution in [1.82, 2.24) is 29.6 Å². The molecule has 8 nitrogen and oxygen atoms in total. The van der Waals surface area contributed by atoms with Gasteiger partial charge in [0, 0.05) is 19.3 Å². The quantitative estimate of drug-likeness (QED) is 0.652. The summed E-state index contributed by atoms with van der Waals surface area (Å²) in [7, 11) is 0. The largest absolute Gasteiger partial charge is 0.361 e. The second-order valence-electron chi connectivity index (χ2n) is 7.10. The number of carbonyl (C=O) groups excluding carboxylic acids is 1. The zero-order chi connectivity index (χ0) is 19.7. The Morgan fingerprint density at radius 1 is 1.32 bits per heavy atom. The molecule has 0 saturated carbocycles. The molecule has 1 aliphatic rings. The number of nitrogens with zero attached hydrogens (tertiary/aromatic N) is 6. The zero-order valence-electron chi connectivity index (χ0n) is 16.2. The Kier molecular flexibility index (Phi) is 5.17. The van der Waals surface area contributed by atoms with Gasteiger partial charge in [0.05, 0.1) is 34.5 Å². The average Bonchev–Trinajstić information content (AvgIpc) is 3.43. The minimum Gasteiger partial charge on any atom is -0.361 e. The lowest BCUT2D eigenvalue weighted by Gasteiger charge is -2.15. The first-order chi connectivity index (χ1) is 13.6. The fourth-order valence-corrected chi connectivity index (χ4v) is 4.38. The van der Waals surface area contributed by atoms with Crippen LogP contribution in [0.15, 0.2) is 16.9 Å². The molecule has 28 heavy (non-hydrogen) atoms. The van der Waals surface area contributed by atoms with E-state index < -0.39 is 0 Å². The third-order valence-electron chi connectivity index (χ3n) is 5.15. The summed E-state index contributed by atoms with van der Waals surface area (Å²) in [5, 5.41) is 8.02. The second-order valence-corrected chi connectivity index (χ2v) is 7.86. The van der Waals surface area contributed by atoms with E-state index in [1.165, 1.54) is 11.5 Å². The van der Waals surface area contributed by atoms with Crippen molar-refractivity contribution >= 4 is 17.4 Å². The Balaban J connectivity index is 1.40. The Labute approximate surface area is 167 Å². The van der Waals surface area contributed by atoms with Gasteiger partial charge in [-0.1, -0.05) is 16.6 Å². The highest BCUT2D eigenvalue weighted by molar-refractivity contribution is 7.08. The minimum atomic E-state index is 0.0502. The van der Waals surface area contributed by atoms with E-state index in [0.29, 0.717) is 10.8 Å². The van der Waals surface area contributed by atoms with Crippen molar-refractivity contribution in [2.75, 3.05) is 13.1 Å². The van der Waals surface area contributed by atoms with E-state index in [4.69, 9.17) is 4.52 Å². The number of rotatable bonds is 5. The van der Waals surface area contributed by atoms with Crippen LogP contribution >= 0.6 is 11.5 Å². The van der Waals surface area contributed by atoms with Gasteiger partial charge in [0.15, 0.2) is 0 Å². The summed E-state index contributed by atoms with van der Waals surface area (Å²) in [6.45, 7) is 7.25. The summed E-state index contributed by atoms with van der Waals surface area (Å²) in [5.41, 5.74) is 4.21. The molecule has 1 fully saturated rings. The summed E-state index contributed by atoms with van der Waals surface area (Å²) in [6, 6.07) is 0. The molecule has 0 aliphatic carbocycles. The van der Waals surface area contributed by atoms with Gasteiger partial charge in [-0.05, 0) is 50.6 Å². The zero-order valence-corrected chi connectivity index (χ0v) is 17.0. The topological polar surface area (TPSA) is 97.9 Å². The normalized spacial score (nSPS) is 16.7. The van der Waals surface area contributed by atoms with E-state index in [0.717, 1.165) is 66.5 Å². The van der Waals surface area contributed by atoms with Crippen LogP contribution in [0, 0.1) is 19.8 Å². The summed E-state index contributed by atoms with van der Waals surface area (Å²) in [6.07, 6.45) is 6.08. The van der Waals surface area contributed by atoms with Crippen LogP contribution < -0.4 is 0 Å². The molecule has 0 N–H and O–H groups in total. The molecule has 1 atom stereocenters. The van der Waals surface area contributed by atoms with Crippen LogP contribution in [-0.2, 0) is 12.8 Å². The van der Waals surface area contributed by atoms with Crippen molar-refractivity contribution < 1.29 is 9.32 Å². The molecule has 3 aromatic rings. The maximum atomic E-state index is 12.7. The third-order valence-corrected chi connectivity index (χ3v) is 5.91. The molecule has 0 aromatic carbocycles. The lowest BCUT2D eigenvalue weighted by atomic mass is 10.0. The molecule has 3 aromatic heterocycles. The Bertz CT molecular complexity index is 961. The molecule has 0 radical (unpaired) electrons. The predicted octanol–water partition coefficient (Wildman–Crippen LogP) is 2.87. The second kappa shape index (κ2) is 7.75. The van der Waals surface area contributed by atoms with Gasteiger partial charge in [-0.3, -0.25) is 14.8 Å². The highest BCUT2D eigenvalue weighted by Gasteiger charge is 2.29. The molecule has 1 amide bonds. The van der Waals surface area contributed by atoms with E-state index in [2.05, 4.69) is 24.7 Å². The van der Waals surface area contributed by atoms with Crippen LogP contribution in [-0.4, -0.2) is 48.6 Å². The molecule has 1 aliphatic heterocycles. The Morgan fingerprint density at radius 3 is 2.86 bits per heavy atom. The SMILES string of the molecule is CCc1nnsc1C(=O)N1CCC(Cc2cnc(-c3c(C)noc3C)cn2)C1. The van der Waals surface area contributed by atoms with Crippen LogP contribution in [0.1, 0.15) is 45.9 Å². The molecule has 0 bridgehead atoms. The summed E-state index contributed by atoms with van der Waals surface area (Å²) in [4.78, 5) is 24.4. The number of amides is 1. The van der Waals surface area contributed by atoms with Crippen LogP contribution in [0.25, 0.3) is 11.3 Å². The first-order valence-electron chi connectivity index (χ1n) is 9.41. The van der Waals surface area contributed by atoms with Crippen LogP contribution in [0.5, 0.6) is 0 Å². The van der Waals surface area contributed by atoms with Crippen LogP contribution in [0.4, 0.5) is 0 Å². The molecular weight excluding hydrogens is 376 g/mol. The van der Waals surface area contributed by atoms with Crippen LogP contribution in [0.2, 0.25) is 0 Å². The third kappa shape index (κ3) is 3.54. The van der Waals surface area contributed by atoms with Crippen molar-refractivity contribution in [3.05, 3.63) is 40.1 Å². The fourth-order valence-electron chi connectivity index (χ4n) is 3.66. The maximum Gasteiger partial charge on any atom is 0.267 e. The van der Waals surface area contributed by atoms with Crippen molar-refractivity contribution in [1.29, 1.82) is 0 Å². The molecule has 1 saturated heterocycles. The molecular formula is C19H22N6O2S. The van der Waals surface area contributed by atoms with Gasteiger partial charge in [0.25, 0.3) is 5.91 Å². The van der Waals surface area contributed by atoms with Crippen molar-refractivity contribution in [3.63, 3.8) is 0 Å². The van der Waals surface area contributed by atoms with Gasteiger partial charge in [-0.25, -0.2) is 0 Å². The molecule has 4 heterocycles. The van der Waals surface area contributed by atoms with Gasteiger partial charge in [-0.15, -0.1) is 5.10 Å². The fraction of sp³-hybridized carbons (Fsp3) is 0.474. The minimum absolute atomic E-state index is 0.0502. The van der Waals surface area contributed by atoms with E-state index >= 15 is 0 Å². The lowest BCUT2D eigenvalue weighted by Crippen LogP contribution is -2.29. The maximum absolute atomic E-state index is 12.7. The van der Waals surface area contributed by atoms with Gasteiger partial charge in [-0.2, -0.15) is 0 Å². The summed E-state index contributed by atoms with van der Waals surface area (Å²) < 4.78 is 9.13. The van der Waals surface area contributed by atoms with Gasteiger partial charge < -0.3 is 9.42 Å². The number of hydrogen-bond acceptors (Lipinski definition) is 8. The van der Waals surface area contributed by atoms with E-state index in [-0.39, 0.29) is 5.91 Å². The first kappa shape index (κ1) is 18.7. The molecule has 1 unspecified atom stereocenters. The number of aryl methyl sites for hydroxylation is 3. The average molecular weight is 398 g/mol. The number of hydrogen-bond donors (Lipinski definition) is 0. The number of likely N-dealkylation sites (tertiary alicyclic amines) is 1. The predicted molar refractivity (Wildman–Crippen MR) is 104 cm³/mol. The monoisotopic (exact) mass is 398 g/mol. The van der Waals surface area contributed by atoms with Crippen molar-refractivity contribution in [2.24, 2.45) is 5.92 Å². The van der Waals surface area contributed by atoms with Crippen molar-refractivity contribution in [2.45, 2.75) is 40.0 Å². The molecule has 9 heteroatoms. The Morgan fingerprint density at radius 2 is 2.18 bits per heavy atom. The Hall–Kier alpha value is -2.68. The molecule has 0 spiro atoms. The van der Waals surface area contributed by atoms with E-state index in [1.54, 1.807) is 6.20 Å². The summed E-state index contributed by atoms with van der Waals surface area (Å²) >= 11 is 1.19. The van der Waals surface area contributed by atoms with E-state index in [9.17, 15) is 4.79 Å². The van der Waals surface area contributed by atoms with Crippen LogP contribution in [0.3, 0.4) is 0 Å². The van der Waals surface area contributed by atoms with E-state index in [1.807, 2.05) is 31.9 Å². The number of aromatic nitrogens is 5. The lowest BCUT2D eigenvalue weighted by molar-refractivity contribution is 0.0790. The highest BCUT2D eigenvalue weighted by atomic mass is 32.1. The highest BCUT2D eigenvalue weighted by Crippen LogP contribution is 2.26. The number of carbonyl (C=O) groups is 1. The smallest absolute Gasteiger partial charge is 0.267 e. The van der Waals surface area contributed by atoms with Gasteiger partial charge in [0.2, 0.25) is 0 Å². The summed E-state index contributed by atoms with van der Waals surface area (Å²) in [5.74, 6) is 1.18. The molecule has 146 valence electrons. The first-order valence-corrected chi connectivity index (χ1v) is 10.2. The standard InChI is InChI=1S/C19H22N6O2S/c1-4-15-18(28-24-22-15)19(26)25-6-5-13(10-25)7-14-8-21-16(9-20-14)17-11(2)23-27-12(17)3/h8-9,13H,4-7,10H2,1-3H3. The van der Waals surface area contributed by atoms with Gasteiger partial charge >= 0.3 is 0 Å².